The van der Waals surface area contributed by atoms with Crippen LogP contribution in [0.5, 0.6) is 23.0 Å². The second-order valence-electron chi connectivity index (χ2n) is 6.12. The molecular weight excluding hydrogens is 356 g/mol. The van der Waals surface area contributed by atoms with Gasteiger partial charge in [0.15, 0.2) is 5.43 Å². The number of ether oxygens (including phenoxy) is 3. The molecule has 140 valence electrons. The lowest BCUT2D eigenvalue weighted by molar-refractivity contribution is 0.396. The molecule has 4 aromatic rings. The predicted molar refractivity (Wildman–Crippen MR) is 108 cm³/mol. The first-order chi connectivity index (χ1) is 13.7. The van der Waals surface area contributed by atoms with E-state index in [2.05, 4.69) is 0 Å². The van der Waals surface area contributed by atoms with Crippen LogP contribution in [0.15, 0.2) is 82.0 Å². The van der Waals surface area contributed by atoms with Gasteiger partial charge in [0.05, 0.1) is 14.2 Å². The van der Waals surface area contributed by atoms with Crippen molar-refractivity contribution in [1.82, 2.24) is 0 Å². The van der Waals surface area contributed by atoms with Crippen molar-refractivity contribution in [3.05, 3.63) is 83.0 Å². The molecular formula is C23H18O5. The normalized spacial score (nSPS) is 10.6. The third-order valence-corrected chi connectivity index (χ3v) is 4.34. The largest absolute Gasteiger partial charge is 0.496 e. The molecule has 0 spiro atoms. The van der Waals surface area contributed by atoms with Crippen LogP contribution in [-0.2, 0) is 0 Å². The number of fused-ring (bicyclic) bond motifs is 1. The van der Waals surface area contributed by atoms with E-state index in [-0.39, 0.29) is 5.43 Å². The van der Waals surface area contributed by atoms with Crippen molar-refractivity contribution < 1.29 is 18.6 Å². The van der Waals surface area contributed by atoms with Crippen molar-refractivity contribution in [2.24, 2.45) is 0 Å². The molecule has 0 saturated heterocycles. The zero-order chi connectivity index (χ0) is 19.5. The maximum atomic E-state index is 12.7. The lowest BCUT2D eigenvalue weighted by Gasteiger charge is -2.10. The van der Waals surface area contributed by atoms with Gasteiger partial charge in [-0.25, -0.2) is 0 Å². The van der Waals surface area contributed by atoms with E-state index in [4.69, 9.17) is 18.6 Å². The molecule has 28 heavy (non-hydrogen) atoms. The summed E-state index contributed by atoms with van der Waals surface area (Å²) in [6, 6.07) is 21.7. The minimum Gasteiger partial charge on any atom is -0.496 e. The summed E-state index contributed by atoms with van der Waals surface area (Å²) in [6.07, 6.45) is 0. The molecule has 1 heterocycles. The van der Waals surface area contributed by atoms with Gasteiger partial charge in [-0.05, 0) is 36.4 Å². The van der Waals surface area contributed by atoms with Crippen LogP contribution >= 0.6 is 0 Å². The summed E-state index contributed by atoms with van der Waals surface area (Å²) < 4.78 is 22.3. The van der Waals surface area contributed by atoms with Crippen LogP contribution in [0, 0.1) is 0 Å². The molecule has 0 saturated carbocycles. The average Bonchev–Trinajstić information content (AvgIpc) is 2.74. The first-order valence-corrected chi connectivity index (χ1v) is 8.71. The van der Waals surface area contributed by atoms with Crippen molar-refractivity contribution >= 4 is 11.0 Å². The zero-order valence-corrected chi connectivity index (χ0v) is 15.5. The van der Waals surface area contributed by atoms with E-state index in [9.17, 15) is 4.79 Å². The Balaban J connectivity index is 1.71. The molecule has 0 radical (unpaired) electrons. The van der Waals surface area contributed by atoms with Gasteiger partial charge in [-0.15, -0.1) is 0 Å². The highest BCUT2D eigenvalue weighted by molar-refractivity contribution is 5.86. The van der Waals surface area contributed by atoms with Gasteiger partial charge in [0.2, 0.25) is 0 Å². The summed E-state index contributed by atoms with van der Waals surface area (Å²) in [6.45, 7) is 0. The number of hydrogen-bond acceptors (Lipinski definition) is 5. The fourth-order valence-corrected chi connectivity index (χ4v) is 2.96. The van der Waals surface area contributed by atoms with Crippen LogP contribution in [0.3, 0.4) is 0 Å². The lowest BCUT2D eigenvalue weighted by Crippen LogP contribution is -2.03. The minimum atomic E-state index is -0.180. The third kappa shape index (κ3) is 3.42. The molecule has 0 bridgehead atoms. The van der Waals surface area contributed by atoms with Gasteiger partial charge in [-0.1, -0.05) is 18.2 Å². The van der Waals surface area contributed by atoms with E-state index in [1.54, 1.807) is 19.2 Å². The number of methoxy groups -OCH3 is 2. The van der Waals surface area contributed by atoms with Crippen molar-refractivity contribution in [2.75, 3.05) is 14.2 Å². The van der Waals surface area contributed by atoms with E-state index in [0.717, 1.165) is 11.3 Å². The highest BCUT2D eigenvalue weighted by atomic mass is 16.5. The number of benzene rings is 3. The summed E-state index contributed by atoms with van der Waals surface area (Å²) in [5.74, 6) is 2.88. The van der Waals surface area contributed by atoms with Gasteiger partial charge in [-0.3, -0.25) is 4.79 Å². The Morgan fingerprint density at radius 3 is 2.14 bits per heavy atom. The summed E-state index contributed by atoms with van der Waals surface area (Å²) >= 11 is 0. The van der Waals surface area contributed by atoms with E-state index < -0.39 is 0 Å². The van der Waals surface area contributed by atoms with Gasteiger partial charge in [0.25, 0.3) is 0 Å². The Kier molecular flexibility index (Phi) is 4.72. The third-order valence-electron chi connectivity index (χ3n) is 4.34. The van der Waals surface area contributed by atoms with Crippen LogP contribution in [0.25, 0.3) is 22.3 Å². The predicted octanol–water partition coefficient (Wildman–Crippen LogP) is 5.27. The number of rotatable bonds is 5. The fourth-order valence-electron chi connectivity index (χ4n) is 2.96. The number of hydrogen-bond donors (Lipinski definition) is 0. The van der Waals surface area contributed by atoms with Gasteiger partial charge in [-0.2, -0.15) is 0 Å². The van der Waals surface area contributed by atoms with E-state index >= 15 is 0 Å². The van der Waals surface area contributed by atoms with Crippen molar-refractivity contribution in [1.29, 1.82) is 0 Å². The number of para-hydroxylation sites is 1. The molecule has 0 N–H and O–H groups in total. The van der Waals surface area contributed by atoms with Gasteiger partial charge >= 0.3 is 0 Å². The van der Waals surface area contributed by atoms with Crippen LogP contribution in [0.2, 0.25) is 0 Å². The summed E-state index contributed by atoms with van der Waals surface area (Å²) in [7, 11) is 3.06. The van der Waals surface area contributed by atoms with Crippen molar-refractivity contribution in [3.63, 3.8) is 0 Å². The molecule has 1 aromatic heterocycles. The van der Waals surface area contributed by atoms with Crippen molar-refractivity contribution in [2.45, 2.75) is 0 Å². The molecule has 0 unspecified atom stereocenters. The monoisotopic (exact) mass is 374 g/mol. The van der Waals surface area contributed by atoms with Crippen molar-refractivity contribution in [3.8, 4) is 34.3 Å². The Hall–Kier alpha value is -3.73. The Morgan fingerprint density at radius 2 is 1.46 bits per heavy atom. The highest BCUT2D eigenvalue weighted by Gasteiger charge is 2.13. The van der Waals surface area contributed by atoms with Gasteiger partial charge in [0, 0.05) is 23.8 Å². The molecule has 4 rings (SSSR count). The van der Waals surface area contributed by atoms with Crippen LogP contribution < -0.4 is 19.6 Å². The molecule has 5 heteroatoms. The molecule has 5 nitrogen and oxygen atoms in total. The fraction of sp³-hybridized carbons (Fsp3) is 0.0870. The molecule has 0 fully saturated rings. The standard InChI is InChI=1S/C23H18O5/c1-25-18-12-21(26-2)23-19(24)14-20(28-22(23)13-18)15-8-10-17(11-9-15)27-16-6-4-3-5-7-16/h3-14H,1-2H3. The molecule has 0 amide bonds. The molecule has 3 aromatic carbocycles. The quantitative estimate of drug-likeness (QED) is 0.476. The highest BCUT2D eigenvalue weighted by Crippen LogP contribution is 2.32. The first kappa shape index (κ1) is 17.7. The lowest BCUT2D eigenvalue weighted by atomic mass is 10.1. The molecule has 0 aliphatic heterocycles. The topological polar surface area (TPSA) is 57.9 Å². The first-order valence-electron chi connectivity index (χ1n) is 8.71. The van der Waals surface area contributed by atoms with E-state index in [0.29, 0.717) is 34.0 Å². The summed E-state index contributed by atoms with van der Waals surface area (Å²) in [5.41, 5.74) is 0.991. The smallest absolute Gasteiger partial charge is 0.197 e. The van der Waals surface area contributed by atoms with E-state index in [1.807, 2.05) is 54.6 Å². The maximum Gasteiger partial charge on any atom is 0.197 e. The zero-order valence-electron chi connectivity index (χ0n) is 15.5. The molecule has 0 aliphatic rings. The Labute approximate surface area is 161 Å². The SMILES string of the molecule is COc1cc(OC)c2c(=O)cc(-c3ccc(Oc4ccccc4)cc3)oc2c1. The van der Waals surface area contributed by atoms with E-state index in [1.165, 1.54) is 13.2 Å². The Morgan fingerprint density at radius 1 is 0.750 bits per heavy atom. The van der Waals surface area contributed by atoms with Gasteiger partial charge < -0.3 is 18.6 Å². The van der Waals surface area contributed by atoms with Crippen LogP contribution in [0.4, 0.5) is 0 Å². The molecule has 0 aliphatic carbocycles. The second-order valence-corrected chi connectivity index (χ2v) is 6.12. The maximum absolute atomic E-state index is 12.7. The molecule has 0 atom stereocenters. The van der Waals surface area contributed by atoms with Crippen LogP contribution in [-0.4, -0.2) is 14.2 Å². The summed E-state index contributed by atoms with van der Waals surface area (Å²) in [4.78, 5) is 12.7. The summed E-state index contributed by atoms with van der Waals surface area (Å²) in [5, 5.41) is 0.385. The van der Waals surface area contributed by atoms with Crippen LogP contribution in [0.1, 0.15) is 0 Å². The average molecular weight is 374 g/mol. The minimum absolute atomic E-state index is 0.180. The van der Waals surface area contributed by atoms with Gasteiger partial charge in [0.1, 0.15) is 39.7 Å². The Bertz CT molecular complexity index is 1160. The second kappa shape index (κ2) is 7.48.